The van der Waals surface area contributed by atoms with E-state index in [-0.39, 0.29) is 23.5 Å². The van der Waals surface area contributed by atoms with E-state index in [9.17, 15) is 10.1 Å². The van der Waals surface area contributed by atoms with Crippen LogP contribution in [-0.4, -0.2) is 22.5 Å². The maximum Gasteiger partial charge on any atom is 0.314 e. The summed E-state index contributed by atoms with van der Waals surface area (Å²) < 4.78 is 12.9. The quantitative estimate of drug-likeness (QED) is 0.226. The number of halogens is 1. The fourth-order valence-electron chi connectivity index (χ4n) is 3.01. The highest BCUT2D eigenvalue weighted by Crippen LogP contribution is 2.34. The molecule has 6 nitrogen and oxygen atoms in total. The fourth-order valence-corrected chi connectivity index (χ4v) is 3.23. The molecule has 0 aliphatic heterocycles. The SMILES string of the molecule is CCn1nc(C)c(Cl)c1/C(OCOC(=O)C(C)(C)C)=C(\C#N)c1ccc(C(C)(C)C)cc1. The summed E-state index contributed by atoms with van der Waals surface area (Å²) in [7, 11) is 0. The molecular weight excluding hydrogens is 426 g/mol. The fraction of sp³-hybridized carbons (Fsp3) is 0.480. The Kier molecular flexibility index (Phi) is 7.79. The lowest BCUT2D eigenvalue weighted by Gasteiger charge is -2.20. The topological polar surface area (TPSA) is 77.1 Å². The van der Waals surface area contributed by atoms with Crippen LogP contribution in [0.3, 0.4) is 0 Å². The molecule has 0 fully saturated rings. The Morgan fingerprint density at radius 1 is 1.12 bits per heavy atom. The van der Waals surface area contributed by atoms with Crippen molar-refractivity contribution in [3.05, 3.63) is 51.8 Å². The van der Waals surface area contributed by atoms with Gasteiger partial charge >= 0.3 is 5.97 Å². The van der Waals surface area contributed by atoms with Crippen molar-refractivity contribution in [2.24, 2.45) is 5.41 Å². The van der Waals surface area contributed by atoms with Crippen molar-refractivity contribution in [3.8, 4) is 6.07 Å². The molecule has 0 radical (unpaired) electrons. The summed E-state index contributed by atoms with van der Waals surface area (Å²) in [6.07, 6.45) is 0. The monoisotopic (exact) mass is 457 g/mol. The number of aryl methyl sites for hydroxylation is 2. The molecule has 1 aromatic carbocycles. The molecule has 1 aromatic heterocycles. The van der Waals surface area contributed by atoms with Crippen molar-refractivity contribution in [1.82, 2.24) is 9.78 Å². The van der Waals surface area contributed by atoms with Crippen LogP contribution in [0.5, 0.6) is 0 Å². The van der Waals surface area contributed by atoms with Crippen LogP contribution in [0.15, 0.2) is 24.3 Å². The Balaban J connectivity index is 2.59. The van der Waals surface area contributed by atoms with Crippen molar-refractivity contribution in [2.75, 3.05) is 6.79 Å². The van der Waals surface area contributed by atoms with Gasteiger partial charge in [0.2, 0.25) is 6.79 Å². The molecule has 0 saturated carbocycles. The number of allylic oxidation sites excluding steroid dienone is 1. The van der Waals surface area contributed by atoms with Gasteiger partial charge in [-0.1, -0.05) is 56.6 Å². The Bertz CT molecular complexity index is 1050. The van der Waals surface area contributed by atoms with Gasteiger partial charge in [0.15, 0.2) is 5.76 Å². The van der Waals surface area contributed by atoms with E-state index in [1.54, 1.807) is 32.4 Å². The van der Waals surface area contributed by atoms with Gasteiger partial charge in [-0.15, -0.1) is 0 Å². The molecule has 2 aromatic rings. The molecule has 172 valence electrons. The van der Waals surface area contributed by atoms with E-state index in [2.05, 4.69) is 31.9 Å². The number of nitriles is 1. The lowest BCUT2D eigenvalue weighted by atomic mass is 9.86. The highest BCUT2D eigenvalue weighted by atomic mass is 35.5. The lowest BCUT2D eigenvalue weighted by Crippen LogP contribution is -2.24. The summed E-state index contributed by atoms with van der Waals surface area (Å²) in [4.78, 5) is 12.2. The van der Waals surface area contributed by atoms with Crippen molar-refractivity contribution < 1.29 is 14.3 Å². The standard InChI is InChI=1S/C25H32ClN3O3/c1-9-29-21(20(26)16(2)28-29)22(31-15-32-23(30)25(6,7)8)19(14-27)17-10-12-18(13-11-17)24(3,4)5/h10-13H,9,15H2,1-8H3/b22-19-. The minimum Gasteiger partial charge on any atom is -0.454 e. The van der Waals surface area contributed by atoms with Gasteiger partial charge in [0.05, 0.1) is 16.1 Å². The van der Waals surface area contributed by atoms with Crippen LogP contribution in [0.2, 0.25) is 5.02 Å². The van der Waals surface area contributed by atoms with Crippen LogP contribution in [0.4, 0.5) is 0 Å². The zero-order chi connectivity index (χ0) is 24.3. The Morgan fingerprint density at radius 3 is 2.19 bits per heavy atom. The van der Waals surface area contributed by atoms with Crippen LogP contribution >= 0.6 is 11.6 Å². The second-order valence-corrected chi connectivity index (χ2v) is 10.0. The van der Waals surface area contributed by atoms with Crippen molar-refractivity contribution in [3.63, 3.8) is 0 Å². The molecule has 0 N–H and O–H groups in total. The minimum atomic E-state index is -0.673. The van der Waals surface area contributed by atoms with E-state index >= 15 is 0 Å². The summed E-state index contributed by atoms with van der Waals surface area (Å²) in [5.74, 6) is -0.179. The molecule has 0 spiro atoms. The van der Waals surface area contributed by atoms with Crippen molar-refractivity contribution in [1.29, 1.82) is 5.26 Å². The average Bonchev–Trinajstić information content (AvgIpc) is 3.00. The number of ether oxygens (including phenoxy) is 2. The molecule has 0 atom stereocenters. The predicted molar refractivity (Wildman–Crippen MR) is 127 cm³/mol. The number of esters is 1. The second-order valence-electron chi connectivity index (χ2n) is 9.65. The largest absolute Gasteiger partial charge is 0.454 e. The zero-order valence-electron chi connectivity index (χ0n) is 20.2. The van der Waals surface area contributed by atoms with Crippen molar-refractivity contribution >= 4 is 28.9 Å². The molecule has 0 saturated heterocycles. The number of carbonyl (C=O) groups excluding carboxylic acids is 1. The van der Waals surface area contributed by atoms with E-state index in [1.807, 2.05) is 31.2 Å². The molecule has 32 heavy (non-hydrogen) atoms. The predicted octanol–water partition coefficient (Wildman–Crippen LogP) is 6.12. The van der Waals surface area contributed by atoms with Gasteiger partial charge in [0.25, 0.3) is 0 Å². The Morgan fingerprint density at radius 2 is 1.72 bits per heavy atom. The molecule has 7 heteroatoms. The molecule has 1 heterocycles. The van der Waals surface area contributed by atoms with Gasteiger partial charge in [0, 0.05) is 6.54 Å². The van der Waals surface area contributed by atoms with E-state index in [0.717, 1.165) is 5.56 Å². The minimum absolute atomic E-state index is 0.0171. The van der Waals surface area contributed by atoms with E-state index in [4.69, 9.17) is 21.1 Å². The molecule has 0 aliphatic carbocycles. The number of carbonyl (C=O) groups is 1. The van der Waals surface area contributed by atoms with Crippen LogP contribution in [-0.2, 0) is 26.2 Å². The van der Waals surface area contributed by atoms with Gasteiger partial charge in [-0.2, -0.15) is 10.4 Å². The first-order valence-corrected chi connectivity index (χ1v) is 11.0. The van der Waals surface area contributed by atoms with Gasteiger partial charge in [-0.05, 0) is 51.2 Å². The highest BCUT2D eigenvalue weighted by Gasteiger charge is 2.26. The number of hydrogen-bond acceptors (Lipinski definition) is 5. The lowest BCUT2D eigenvalue weighted by molar-refractivity contribution is -0.161. The molecule has 2 rings (SSSR count). The first kappa shape index (κ1) is 25.5. The Labute approximate surface area is 195 Å². The third-order valence-electron chi connectivity index (χ3n) is 4.95. The maximum atomic E-state index is 12.2. The molecule has 0 unspecified atom stereocenters. The van der Waals surface area contributed by atoms with E-state index in [1.165, 1.54) is 0 Å². The van der Waals surface area contributed by atoms with Gasteiger partial charge < -0.3 is 9.47 Å². The smallest absolute Gasteiger partial charge is 0.314 e. The van der Waals surface area contributed by atoms with Crippen LogP contribution in [0.1, 0.15) is 71.0 Å². The third-order valence-corrected chi connectivity index (χ3v) is 5.41. The number of hydrogen-bond donors (Lipinski definition) is 0. The first-order chi connectivity index (χ1) is 14.8. The summed E-state index contributed by atoms with van der Waals surface area (Å²) in [5, 5.41) is 14.9. The number of rotatable bonds is 6. The van der Waals surface area contributed by atoms with E-state index < -0.39 is 11.4 Å². The summed E-state index contributed by atoms with van der Waals surface area (Å²) in [6, 6.07) is 10.0. The number of benzene rings is 1. The summed E-state index contributed by atoms with van der Waals surface area (Å²) in [6.45, 7) is 15.6. The second kappa shape index (κ2) is 9.79. The van der Waals surface area contributed by atoms with Crippen molar-refractivity contribution in [2.45, 2.75) is 67.3 Å². The molecule has 0 amide bonds. The molecule has 0 aliphatic rings. The number of nitrogens with zero attached hydrogens (tertiary/aromatic N) is 3. The molecular formula is C25H32ClN3O3. The average molecular weight is 458 g/mol. The summed E-state index contributed by atoms with van der Waals surface area (Å²) in [5.41, 5.74) is 2.52. The van der Waals surface area contributed by atoms with Crippen LogP contribution < -0.4 is 0 Å². The highest BCUT2D eigenvalue weighted by molar-refractivity contribution is 6.33. The normalized spacial score (nSPS) is 12.8. The summed E-state index contributed by atoms with van der Waals surface area (Å²) >= 11 is 6.56. The van der Waals surface area contributed by atoms with Crippen LogP contribution in [0, 0.1) is 23.7 Å². The third kappa shape index (κ3) is 5.72. The number of aromatic nitrogens is 2. The van der Waals surface area contributed by atoms with Gasteiger partial charge in [0.1, 0.15) is 17.3 Å². The van der Waals surface area contributed by atoms with Gasteiger partial charge in [-0.25, -0.2) is 0 Å². The van der Waals surface area contributed by atoms with Crippen LogP contribution in [0.25, 0.3) is 11.3 Å². The first-order valence-electron chi connectivity index (χ1n) is 10.6. The Hall–Kier alpha value is -2.78. The van der Waals surface area contributed by atoms with Gasteiger partial charge in [-0.3, -0.25) is 9.48 Å². The maximum absolute atomic E-state index is 12.2. The zero-order valence-corrected chi connectivity index (χ0v) is 20.9. The molecule has 0 bridgehead atoms. The van der Waals surface area contributed by atoms with E-state index in [0.29, 0.717) is 28.5 Å².